The molecule has 184 valence electrons. The summed E-state index contributed by atoms with van der Waals surface area (Å²) in [5.74, 6) is 0.747. The number of nitrogens with zero attached hydrogens (tertiary/aromatic N) is 1. The molecule has 1 aliphatic rings. The number of hydrogen-bond acceptors (Lipinski definition) is 4. The van der Waals surface area contributed by atoms with Gasteiger partial charge in [0.2, 0.25) is 0 Å². The van der Waals surface area contributed by atoms with E-state index in [2.05, 4.69) is 33.1 Å². The van der Waals surface area contributed by atoms with E-state index in [1.54, 1.807) is 17.1 Å². The van der Waals surface area contributed by atoms with E-state index in [-0.39, 0.29) is 23.3 Å². The van der Waals surface area contributed by atoms with Crippen LogP contribution in [0.1, 0.15) is 84.9 Å². The van der Waals surface area contributed by atoms with Crippen LogP contribution in [0.4, 0.5) is 0 Å². The number of carbonyl (C=O) groups excluding carboxylic acids is 2. The highest BCUT2D eigenvalue weighted by Gasteiger charge is 2.35. The molecule has 0 saturated carbocycles. The molecule has 0 spiro atoms. The number of benzene rings is 2. The van der Waals surface area contributed by atoms with Crippen molar-refractivity contribution in [1.29, 1.82) is 0 Å². The lowest BCUT2D eigenvalue weighted by Gasteiger charge is -2.40. The Morgan fingerprint density at radius 3 is 2.26 bits per heavy atom. The molecule has 34 heavy (non-hydrogen) atoms. The van der Waals surface area contributed by atoms with Gasteiger partial charge < -0.3 is 9.47 Å². The standard InChI is InChI=1S/C28H38N2O4/c1-8-10-24(28(5,6)7)30(27(32)20-16-18(3)15-19(4)17-20)29-26(31)22-11-12-23-25(21(22)9-2)34-14-13-33-23/h11-12,15-17,24H,8-10,13-14H2,1-7H3,(H,29,31)/t24-/m1/s1. The monoisotopic (exact) mass is 466 g/mol. The van der Waals surface area contributed by atoms with E-state index in [0.717, 1.165) is 29.5 Å². The molecule has 0 radical (unpaired) electrons. The Hall–Kier alpha value is -3.02. The SMILES string of the molecule is CCC[C@@H](N(NC(=O)c1ccc2c(c1CC)OCCO2)C(=O)c1cc(C)cc(C)c1)C(C)(C)C. The maximum Gasteiger partial charge on any atom is 0.272 e. The lowest BCUT2D eigenvalue weighted by atomic mass is 9.83. The van der Waals surface area contributed by atoms with E-state index >= 15 is 0 Å². The number of hydrogen-bond donors (Lipinski definition) is 1. The number of ether oxygens (including phenoxy) is 2. The molecule has 0 bridgehead atoms. The van der Waals surface area contributed by atoms with Gasteiger partial charge in [-0.05, 0) is 56.4 Å². The van der Waals surface area contributed by atoms with Crippen LogP contribution in [0.2, 0.25) is 0 Å². The Balaban J connectivity index is 2.03. The summed E-state index contributed by atoms with van der Waals surface area (Å²) in [6.45, 7) is 15.3. The molecule has 2 aromatic rings. The number of nitrogens with one attached hydrogen (secondary N) is 1. The second kappa shape index (κ2) is 10.5. The van der Waals surface area contributed by atoms with Crippen LogP contribution in [0, 0.1) is 19.3 Å². The predicted octanol–water partition coefficient (Wildman–Crippen LogP) is 5.64. The maximum absolute atomic E-state index is 13.8. The highest BCUT2D eigenvalue weighted by Crippen LogP contribution is 2.36. The first-order valence-corrected chi connectivity index (χ1v) is 12.2. The molecule has 0 aromatic heterocycles. The van der Waals surface area contributed by atoms with Gasteiger partial charge in [0.25, 0.3) is 11.8 Å². The first-order valence-electron chi connectivity index (χ1n) is 12.2. The summed E-state index contributed by atoms with van der Waals surface area (Å²) >= 11 is 0. The van der Waals surface area contributed by atoms with Gasteiger partial charge in [0, 0.05) is 16.7 Å². The molecule has 0 aliphatic carbocycles. The fourth-order valence-corrected chi connectivity index (χ4v) is 4.64. The first kappa shape index (κ1) is 25.6. The average molecular weight is 467 g/mol. The van der Waals surface area contributed by atoms with Crippen molar-refractivity contribution < 1.29 is 19.1 Å². The molecule has 1 N–H and O–H groups in total. The summed E-state index contributed by atoms with van der Waals surface area (Å²) in [6, 6.07) is 9.13. The van der Waals surface area contributed by atoms with Gasteiger partial charge in [-0.15, -0.1) is 0 Å². The fourth-order valence-electron chi connectivity index (χ4n) is 4.64. The van der Waals surface area contributed by atoms with Crippen LogP contribution in [-0.4, -0.2) is 36.1 Å². The second-order valence-electron chi connectivity index (χ2n) is 10.1. The molecule has 1 atom stereocenters. The van der Waals surface area contributed by atoms with Crippen molar-refractivity contribution in [3.8, 4) is 11.5 Å². The van der Waals surface area contributed by atoms with Crippen molar-refractivity contribution in [1.82, 2.24) is 10.4 Å². The van der Waals surface area contributed by atoms with Gasteiger partial charge in [-0.2, -0.15) is 0 Å². The third-order valence-electron chi connectivity index (χ3n) is 6.19. The minimum absolute atomic E-state index is 0.183. The van der Waals surface area contributed by atoms with Gasteiger partial charge in [-0.3, -0.25) is 15.0 Å². The van der Waals surface area contributed by atoms with E-state index in [4.69, 9.17) is 9.47 Å². The molecule has 0 fully saturated rings. The lowest BCUT2D eigenvalue weighted by Crippen LogP contribution is -2.56. The molecule has 6 heteroatoms. The Labute approximate surface area is 203 Å². The number of carbonyl (C=O) groups is 2. The molecule has 6 nitrogen and oxygen atoms in total. The van der Waals surface area contributed by atoms with Crippen molar-refractivity contribution in [3.05, 3.63) is 58.1 Å². The van der Waals surface area contributed by atoms with E-state index in [9.17, 15) is 9.59 Å². The van der Waals surface area contributed by atoms with Crippen molar-refractivity contribution in [3.63, 3.8) is 0 Å². The van der Waals surface area contributed by atoms with Gasteiger partial charge in [0.05, 0.1) is 6.04 Å². The van der Waals surface area contributed by atoms with Crippen LogP contribution >= 0.6 is 0 Å². The number of hydrazine groups is 1. The predicted molar refractivity (Wildman–Crippen MR) is 135 cm³/mol. The normalized spacial score (nSPS) is 13.9. The number of rotatable bonds is 6. The summed E-state index contributed by atoms with van der Waals surface area (Å²) in [5.41, 5.74) is 6.63. The van der Waals surface area contributed by atoms with Gasteiger partial charge in [0.15, 0.2) is 11.5 Å². The van der Waals surface area contributed by atoms with Crippen LogP contribution < -0.4 is 14.9 Å². The number of amides is 2. The smallest absolute Gasteiger partial charge is 0.272 e. The number of fused-ring (bicyclic) bond motifs is 1. The van der Waals surface area contributed by atoms with Crippen molar-refractivity contribution >= 4 is 11.8 Å². The van der Waals surface area contributed by atoms with Crippen LogP contribution in [0.25, 0.3) is 0 Å². The van der Waals surface area contributed by atoms with E-state index in [0.29, 0.717) is 42.3 Å². The van der Waals surface area contributed by atoms with Crippen molar-refractivity contribution in [2.24, 2.45) is 5.41 Å². The fraction of sp³-hybridized carbons (Fsp3) is 0.500. The van der Waals surface area contributed by atoms with Crippen molar-refractivity contribution in [2.45, 2.75) is 73.8 Å². The summed E-state index contributed by atoms with van der Waals surface area (Å²) in [5, 5.41) is 1.55. The third kappa shape index (κ3) is 5.54. The quantitative estimate of drug-likeness (QED) is 0.560. The Bertz CT molecular complexity index is 1030. The van der Waals surface area contributed by atoms with E-state index in [1.165, 1.54) is 0 Å². The van der Waals surface area contributed by atoms with Gasteiger partial charge in [0.1, 0.15) is 13.2 Å². The minimum Gasteiger partial charge on any atom is -0.486 e. The summed E-state index contributed by atoms with van der Waals surface area (Å²) in [7, 11) is 0. The molecule has 1 heterocycles. The largest absolute Gasteiger partial charge is 0.486 e. The maximum atomic E-state index is 13.8. The molecule has 0 unspecified atom stereocenters. The van der Waals surface area contributed by atoms with Crippen LogP contribution in [0.5, 0.6) is 11.5 Å². The van der Waals surface area contributed by atoms with Gasteiger partial charge >= 0.3 is 0 Å². The Morgan fingerprint density at radius 1 is 1.03 bits per heavy atom. The topological polar surface area (TPSA) is 67.9 Å². The van der Waals surface area contributed by atoms with E-state index < -0.39 is 0 Å². The van der Waals surface area contributed by atoms with Gasteiger partial charge in [-0.25, -0.2) is 5.01 Å². The zero-order chi connectivity index (χ0) is 25.0. The third-order valence-corrected chi connectivity index (χ3v) is 6.19. The molecule has 2 aromatic carbocycles. The van der Waals surface area contributed by atoms with Crippen LogP contribution in [0.3, 0.4) is 0 Å². The van der Waals surface area contributed by atoms with Crippen molar-refractivity contribution in [2.75, 3.05) is 13.2 Å². The van der Waals surface area contributed by atoms with Gasteiger partial charge in [-0.1, -0.05) is 58.2 Å². The molecule has 3 rings (SSSR count). The first-order chi connectivity index (χ1) is 16.1. The average Bonchev–Trinajstić information content (AvgIpc) is 2.78. The summed E-state index contributed by atoms with van der Waals surface area (Å²) in [6.07, 6.45) is 2.26. The zero-order valence-corrected chi connectivity index (χ0v) is 21.6. The van der Waals surface area contributed by atoms with Crippen LogP contribution in [0.15, 0.2) is 30.3 Å². The molecule has 1 aliphatic heterocycles. The second-order valence-corrected chi connectivity index (χ2v) is 10.1. The summed E-state index contributed by atoms with van der Waals surface area (Å²) < 4.78 is 11.5. The highest BCUT2D eigenvalue weighted by molar-refractivity contribution is 6.00. The zero-order valence-electron chi connectivity index (χ0n) is 21.6. The summed E-state index contributed by atoms with van der Waals surface area (Å²) in [4.78, 5) is 27.5. The van der Waals surface area contributed by atoms with E-state index in [1.807, 2.05) is 39.0 Å². The molecular formula is C28H38N2O4. The molecular weight excluding hydrogens is 428 g/mol. The van der Waals surface area contributed by atoms with Crippen LogP contribution in [-0.2, 0) is 6.42 Å². The Kier molecular flexibility index (Phi) is 7.90. The highest BCUT2D eigenvalue weighted by atomic mass is 16.6. The minimum atomic E-state index is -0.322. The lowest BCUT2D eigenvalue weighted by molar-refractivity contribution is 0.0270. The number of aryl methyl sites for hydroxylation is 2. The molecule has 2 amide bonds. The molecule has 0 saturated heterocycles. The Morgan fingerprint density at radius 2 is 1.68 bits per heavy atom.